The Morgan fingerprint density at radius 2 is 1.89 bits per heavy atom. The van der Waals surface area contributed by atoms with Crippen LogP contribution in [0.1, 0.15) is 17.0 Å². The number of hydrogen-bond acceptors (Lipinski definition) is 3. The van der Waals surface area contributed by atoms with E-state index in [-0.39, 0.29) is 12.5 Å². The second kappa shape index (κ2) is 9.21. The molecule has 0 fully saturated rings. The molecule has 0 radical (unpaired) electrons. The van der Waals surface area contributed by atoms with Gasteiger partial charge in [-0.05, 0) is 66.2 Å². The van der Waals surface area contributed by atoms with Crippen LogP contribution in [0.2, 0.25) is 0 Å². The van der Waals surface area contributed by atoms with Crippen molar-refractivity contribution in [3.63, 3.8) is 0 Å². The van der Waals surface area contributed by atoms with E-state index >= 15 is 0 Å². The smallest absolute Gasteiger partial charge is 0.277 e. The van der Waals surface area contributed by atoms with Crippen LogP contribution in [0.5, 0.6) is 5.75 Å². The van der Waals surface area contributed by atoms with Crippen molar-refractivity contribution in [2.45, 2.75) is 13.8 Å². The minimum Gasteiger partial charge on any atom is -0.483 e. The third kappa shape index (κ3) is 4.91. The number of aromatic nitrogens is 1. The van der Waals surface area contributed by atoms with E-state index in [1.54, 1.807) is 12.3 Å². The number of carbonyl (C=O) groups is 1. The van der Waals surface area contributed by atoms with Crippen molar-refractivity contribution < 1.29 is 9.53 Å². The average Bonchev–Trinajstić information content (AvgIpc) is 2.95. The Bertz CT molecular complexity index is 1010. The van der Waals surface area contributed by atoms with E-state index in [4.69, 9.17) is 4.74 Å². The quantitative estimate of drug-likeness (QED) is 0.373. The monoisotopic (exact) mass is 503 g/mol. The topological polar surface area (TPSA) is 55.6 Å². The Hall–Kier alpha value is -2.38. The molecule has 0 saturated carbocycles. The lowest BCUT2D eigenvalue weighted by Crippen LogP contribution is -2.24. The maximum atomic E-state index is 12.0. The average molecular weight is 505 g/mol. The molecule has 28 heavy (non-hydrogen) atoms. The summed E-state index contributed by atoms with van der Waals surface area (Å²) in [6, 6.07) is 17.6. The highest BCUT2D eigenvalue weighted by atomic mass is 79.9. The normalized spacial score (nSPS) is 11.0. The second-order valence-electron chi connectivity index (χ2n) is 6.15. The Balaban J connectivity index is 1.61. The molecule has 5 nitrogen and oxygen atoms in total. The molecule has 1 amide bonds. The fourth-order valence-corrected chi connectivity index (χ4v) is 4.00. The molecule has 0 spiro atoms. The molecular weight excluding hydrogens is 486 g/mol. The number of para-hydroxylation sites is 1. The van der Waals surface area contributed by atoms with E-state index in [9.17, 15) is 4.79 Å². The van der Waals surface area contributed by atoms with Crippen LogP contribution in [-0.4, -0.2) is 23.3 Å². The number of nitrogens with one attached hydrogen (secondary N) is 1. The lowest BCUT2D eigenvalue weighted by molar-refractivity contribution is -0.123. The largest absolute Gasteiger partial charge is 0.483 e. The summed E-state index contributed by atoms with van der Waals surface area (Å²) in [6.45, 7) is 3.94. The van der Waals surface area contributed by atoms with Gasteiger partial charge in [0.2, 0.25) is 0 Å². The number of halogens is 2. The molecule has 0 atom stereocenters. The summed E-state index contributed by atoms with van der Waals surface area (Å²) in [6.07, 6.45) is 1.65. The number of hydrogen-bond donors (Lipinski definition) is 1. The van der Waals surface area contributed by atoms with E-state index in [1.807, 2.05) is 50.2 Å². The number of benzene rings is 2. The highest BCUT2D eigenvalue weighted by Crippen LogP contribution is 2.28. The van der Waals surface area contributed by atoms with Gasteiger partial charge in [-0.3, -0.25) is 4.79 Å². The van der Waals surface area contributed by atoms with E-state index in [0.29, 0.717) is 5.75 Å². The first-order chi connectivity index (χ1) is 13.5. The predicted molar refractivity (Wildman–Crippen MR) is 118 cm³/mol. The summed E-state index contributed by atoms with van der Waals surface area (Å²) < 4.78 is 9.35. The minimum atomic E-state index is -0.331. The SMILES string of the molecule is Cc1cc(/C=N/NC(=O)COc2ccc(Br)cc2Br)c(C)n1-c1ccccc1. The number of rotatable bonds is 6. The summed E-state index contributed by atoms with van der Waals surface area (Å²) in [7, 11) is 0. The minimum absolute atomic E-state index is 0.124. The highest BCUT2D eigenvalue weighted by Gasteiger charge is 2.09. The van der Waals surface area contributed by atoms with Crippen molar-refractivity contribution in [1.82, 2.24) is 9.99 Å². The highest BCUT2D eigenvalue weighted by molar-refractivity contribution is 9.11. The van der Waals surface area contributed by atoms with Gasteiger partial charge in [-0.25, -0.2) is 5.43 Å². The molecule has 7 heteroatoms. The molecule has 0 unspecified atom stereocenters. The summed E-state index contributed by atoms with van der Waals surface area (Å²) in [4.78, 5) is 12.0. The molecule has 1 aromatic heterocycles. The van der Waals surface area contributed by atoms with Crippen LogP contribution in [0.15, 0.2) is 68.6 Å². The van der Waals surface area contributed by atoms with Crippen LogP contribution in [-0.2, 0) is 4.79 Å². The van der Waals surface area contributed by atoms with Gasteiger partial charge in [0, 0.05) is 27.1 Å². The maximum Gasteiger partial charge on any atom is 0.277 e. The van der Waals surface area contributed by atoms with Crippen LogP contribution in [0, 0.1) is 13.8 Å². The Morgan fingerprint density at radius 3 is 2.61 bits per heavy atom. The van der Waals surface area contributed by atoms with Gasteiger partial charge >= 0.3 is 0 Å². The number of hydrazone groups is 1. The fourth-order valence-electron chi connectivity index (χ4n) is 2.83. The van der Waals surface area contributed by atoms with Crippen LogP contribution in [0.25, 0.3) is 5.69 Å². The number of amides is 1. The van der Waals surface area contributed by atoms with Crippen molar-refractivity contribution in [3.05, 3.63) is 80.5 Å². The molecular formula is C21H19Br2N3O2. The van der Waals surface area contributed by atoms with Gasteiger partial charge in [0.25, 0.3) is 5.91 Å². The number of carbonyl (C=O) groups excluding carboxylic acids is 1. The van der Waals surface area contributed by atoms with E-state index in [1.165, 1.54) is 0 Å². The number of ether oxygens (including phenoxy) is 1. The zero-order valence-corrected chi connectivity index (χ0v) is 18.6. The van der Waals surface area contributed by atoms with Crippen molar-refractivity contribution in [2.75, 3.05) is 6.61 Å². The van der Waals surface area contributed by atoms with Crippen LogP contribution in [0.3, 0.4) is 0 Å². The standard InChI is InChI=1S/C21H19Br2N3O2/c1-14-10-16(15(2)26(14)18-6-4-3-5-7-18)12-24-25-21(27)13-28-20-9-8-17(22)11-19(20)23/h3-12H,13H2,1-2H3,(H,25,27)/b24-12+. The van der Waals surface area contributed by atoms with Gasteiger partial charge in [-0.2, -0.15) is 5.10 Å². The molecule has 3 aromatic rings. The summed E-state index contributed by atoms with van der Waals surface area (Å²) in [5.74, 6) is 0.261. The molecule has 0 aliphatic heterocycles. The van der Waals surface area contributed by atoms with Crippen molar-refractivity contribution in [3.8, 4) is 11.4 Å². The molecule has 3 rings (SSSR count). The molecule has 144 valence electrons. The molecule has 0 bridgehead atoms. The summed E-state index contributed by atoms with van der Waals surface area (Å²) in [5.41, 5.74) is 6.68. The molecule has 1 heterocycles. The second-order valence-corrected chi connectivity index (χ2v) is 7.92. The van der Waals surface area contributed by atoms with Crippen LogP contribution in [0.4, 0.5) is 0 Å². The first-order valence-corrected chi connectivity index (χ1v) is 10.2. The first-order valence-electron chi connectivity index (χ1n) is 8.60. The summed E-state index contributed by atoms with van der Waals surface area (Å²) >= 11 is 6.77. The molecule has 2 aromatic carbocycles. The van der Waals surface area contributed by atoms with E-state index in [0.717, 1.165) is 31.6 Å². The van der Waals surface area contributed by atoms with Gasteiger partial charge < -0.3 is 9.30 Å². The van der Waals surface area contributed by atoms with Crippen LogP contribution >= 0.6 is 31.9 Å². The Kier molecular flexibility index (Phi) is 6.70. The van der Waals surface area contributed by atoms with Crippen molar-refractivity contribution in [2.24, 2.45) is 5.10 Å². The third-order valence-electron chi connectivity index (χ3n) is 4.13. The molecule has 1 N–H and O–H groups in total. The van der Waals surface area contributed by atoms with Gasteiger partial charge in [-0.15, -0.1) is 0 Å². The Morgan fingerprint density at radius 1 is 1.14 bits per heavy atom. The number of aryl methyl sites for hydroxylation is 1. The predicted octanol–water partition coefficient (Wildman–Crippen LogP) is 5.15. The molecule has 0 aliphatic rings. The zero-order chi connectivity index (χ0) is 20.1. The third-order valence-corrected chi connectivity index (χ3v) is 5.24. The van der Waals surface area contributed by atoms with Gasteiger partial charge in [0.05, 0.1) is 10.7 Å². The first kappa shape index (κ1) is 20.4. The zero-order valence-electron chi connectivity index (χ0n) is 15.4. The fraction of sp³-hybridized carbons (Fsp3) is 0.143. The van der Waals surface area contributed by atoms with E-state index < -0.39 is 0 Å². The maximum absolute atomic E-state index is 12.0. The lowest BCUT2D eigenvalue weighted by Gasteiger charge is -2.09. The molecule has 0 aliphatic carbocycles. The lowest BCUT2D eigenvalue weighted by atomic mass is 10.2. The van der Waals surface area contributed by atoms with Gasteiger partial charge in [0.1, 0.15) is 5.75 Å². The number of nitrogens with zero attached hydrogens (tertiary/aromatic N) is 2. The van der Waals surface area contributed by atoms with Crippen molar-refractivity contribution in [1.29, 1.82) is 0 Å². The van der Waals surface area contributed by atoms with E-state index in [2.05, 4.69) is 59.1 Å². The Labute approximate surface area is 180 Å². The summed E-state index contributed by atoms with van der Waals surface area (Å²) in [5, 5.41) is 4.06. The van der Waals surface area contributed by atoms with Gasteiger partial charge in [-0.1, -0.05) is 34.1 Å². The van der Waals surface area contributed by atoms with Gasteiger partial charge in [0.15, 0.2) is 6.61 Å². The van der Waals surface area contributed by atoms with Crippen LogP contribution < -0.4 is 10.2 Å². The molecule has 0 saturated heterocycles. The van der Waals surface area contributed by atoms with Crippen molar-refractivity contribution >= 4 is 44.0 Å².